The van der Waals surface area contributed by atoms with Gasteiger partial charge in [0.2, 0.25) is 0 Å². The van der Waals surface area contributed by atoms with E-state index in [1.165, 1.54) is 11.1 Å². The van der Waals surface area contributed by atoms with Crippen molar-refractivity contribution in [1.29, 1.82) is 0 Å². The molecule has 13 atom stereocenters. The minimum absolute atomic E-state index is 0.0241. The summed E-state index contributed by atoms with van der Waals surface area (Å²) in [6.45, 7) is 8.45. The van der Waals surface area contributed by atoms with E-state index in [0.717, 1.165) is 44.3 Å². The Labute approximate surface area is 248 Å². The summed E-state index contributed by atoms with van der Waals surface area (Å²) in [6, 6.07) is 0. The number of aliphatic hydroxyl groups is 4. The van der Waals surface area contributed by atoms with Gasteiger partial charge in [-0.25, -0.2) is 0 Å². The van der Waals surface area contributed by atoms with Crippen molar-refractivity contribution in [2.24, 2.45) is 40.4 Å². The molecular formula is C33H48O9. The maximum absolute atomic E-state index is 14.1. The average Bonchev–Trinajstić information content (AvgIpc) is 3.45. The molecule has 0 bridgehead atoms. The van der Waals surface area contributed by atoms with E-state index in [0.29, 0.717) is 36.4 Å². The molecule has 0 aromatic carbocycles. The van der Waals surface area contributed by atoms with Gasteiger partial charge in [-0.1, -0.05) is 26.3 Å². The third kappa shape index (κ3) is 4.65. The number of hydrogen-bond acceptors (Lipinski definition) is 9. The number of ketones is 2. The summed E-state index contributed by atoms with van der Waals surface area (Å²) < 4.78 is 17.8. The van der Waals surface area contributed by atoms with Gasteiger partial charge >= 0.3 is 0 Å². The fourth-order valence-electron chi connectivity index (χ4n) is 9.75. The van der Waals surface area contributed by atoms with E-state index in [2.05, 4.69) is 20.8 Å². The van der Waals surface area contributed by atoms with Crippen LogP contribution < -0.4 is 0 Å². The quantitative estimate of drug-likeness (QED) is 0.353. The average molecular weight is 589 g/mol. The molecule has 2 aliphatic heterocycles. The van der Waals surface area contributed by atoms with E-state index in [4.69, 9.17) is 14.2 Å². The van der Waals surface area contributed by atoms with Crippen LogP contribution in [0.5, 0.6) is 0 Å². The molecule has 4 aliphatic carbocycles. The number of fused-ring (bicyclic) bond motifs is 7. The van der Waals surface area contributed by atoms with E-state index < -0.39 is 42.7 Å². The molecule has 1 saturated heterocycles. The summed E-state index contributed by atoms with van der Waals surface area (Å²) in [5, 5.41) is 39.6. The Balaban J connectivity index is 1.09. The lowest BCUT2D eigenvalue weighted by Gasteiger charge is -2.57. The number of hydrogen-bond donors (Lipinski definition) is 4. The van der Waals surface area contributed by atoms with Crippen LogP contribution in [-0.2, 0) is 23.8 Å². The van der Waals surface area contributed by atoms with Crippen molar-refractivity contribution in [3.8, 4) is 0 Å². The van der Waals surface area contributed by atoms with Gasteiger partial charge in [-0.05, 0) is 79.8 Å². The number of allylic oxidation sites excluding steroid dienone is 2. The molecule has 6 rings (SSSR count). The van der Waals surface area contributed by atoms with Crippen LogP contribution >= 0.6 is 0 Å². The van der Waals surface area contributed by atoms with Crippen LogP contribution in [0.15, 0.2) is 23.0 Å². The second-order valence-corrected chi connectivity index (χ2v) is 14.5. The monoisotopic (exact) mass is 588 g/mol. The Kier molecular flexibility index (Phi) is 8.02. The molecule has 234 valence electrons. The third-order valence-corrected chi connectivity index (χ3v) is 12.3. The molecule has 0 aromatic heterocycles. The molecule has 4 fully saturated rings. The van der Waals surface area contributed by atoms with Crippen molar-refractivity contribution in [2.45, 2.75) is 116 Å². The lowest BCUT2D eigenvalue weighted by molar-refractivity contribution is -0.303. The van der Waals surface area contributed by atoms with E-state index in [-0.39, 0.29) is 35.7 Å². The standard InChI is InChI=1S/C33H48O9/c1-16(15-40-31-30(39)29(38)28(37)25(14-34)42-31)5-8-23-17(2)27-24(41-23)12-22-20-7-6-18-11-19(35)9-10-32(18,3)21(20)13-26(36)33(22,27)4/h11,16,20-22,24-25,27-31,34,37-39H,5-10,12-15H2,1-4H3/t16-,20+,21-,22-,24-,25+,27-,28+,29-,30+,31+,32-,33+/m0/s1. The summed E-state index contributed by atoms with van der Waals surface area (Å²) in [5.41, 5.74) is 2.01. The lowest BCUT2D eigenvalue weighted by atomic mass is 9.46. The predicted molar refractivity (Wildman–Crippen MR) is 152 cm³/mol. The molecule has 9 heteroatoms. The van der Waals surface area contributed by atoms with E-state index in [1.54, 1.807) is 0 Å². The predicted octanol–water partition coefficient (Wildman–Crippen LogP) is 2.83. The molecule has 0 aromatic rings. The summed E-state index contributed by atoms with van der Waals surface area (Å²) in [6.07, 6.45) is 1.96. The van der Waals surface area contributed by atoms with Crippen molar-refractivity contribution in [2.75, 3.05) is 13.2 Å². The van der Waals surface area contributed by atoms with Crippen LogP contribution in [0.1, 0.15) is 79.1 Å². The smallest absolute Gasteiger partial charge is 0.186 e. The highest BCUT2D eigenvalue weighted by Crippen LogP contribution is 2.68. The first-order valence-corrected chi connectivity index (χ1v) is 16.0. The van der Waals surface area contributed by atoms with Gasteiger partial charge in [0.1, 0.15) is 36.3 Å². The molecule has 6 aliphatic rings. The van der Waals surface area contributed by atoms with Crippen molar-refractivity contribution < 1.29 is 44.2 Å². The van der Waals surface area contributed by atoms with Crippen LogP contribution in [0, 0.1) is 40.4 Å². The zero-order valence-corrected chi connectivity index (χ0v) is 25.3. The van der Waals surface area contributed by atoms with Crippen LogP contribution in [0.3, 0.4) is 0 Å². The number of carbonyl (C=O) groups is 2. The summed E-state index contributed by atoms with van der Waals surface area (Å²) in [7, 11) is 0. The fraction of sp³-hybridized carbons (Fsp3) is 0.818. The molecule has 42 heavy (non-hydrogen) atoms. The minimum atomic E-state index is -1.46. The first-order valence-electron chi connectivity index (χ1n) is 16.0. The Bertz CT molecular complexity index is 1160. The maximum Gasteiger partial charge on any atom is 0.186 e. The van der Waals surface area contributed by atoms with Crippen LogP contribution in [-0.4, -0.2) is 82.0 Å². The highest BCUT2D eigenvalue weighted by atomic mass is 16.7. The highest BCUT2D eigenvalue weighted by molar-refractivity contribution is 5.92. The van der Waals surface area contributed by atoms with Gasteiger partial charge < -0.3 is 34.6 Å². The van der Waals surface area contributed by atoms with Crippen molar-refractivity contribution in [3.05, 3.63) is 23.0 Å². The summed E-state index contributed by atoms with van der Waals surface area (Å²) >= 11 is 0. The van der Waals surface area contributed by atoms with Gasteiger partial charge in [-0.3, -0.25) is 9.59 Å². The first kappa shape index (κ1) is 30.4. The van der Waals surface area contributed by atoms with Gasteiger partial charge in [0.05, 0.1) is 19.0 Å². The SMILES string of the molecule is CC1=C(CC[C@H](C)CO[C@@H]2O[C@H](CO)[C@@H](O)[C@H](O)[C@H]2O)O[C@H]2C[C@H]3[C@@H]4CCC5=CC(=O)CC[C@]5(C)[C@H]4CC(=O)[C@]3(C)[C@@H]12. The molecule has 0 amide bonds. The van der Waals surface area contributed by atoms with Crippen molar-refractivity contribution >= 4 is 11.6 Å². The fourth-order valence-corrected chi connectivity index (χ4v) is 9.75. The second kappa shape index (κ2) is 11.1. The number of aliphatic hydroxyl groups excluding tert-OH is 4. The maximum atomic E-state index is 14.1. The Morgan fingerprint density at radius 3 is 2.60 bits per heavy atom. The summed E-state index contributed by atoms with van der Waals surface area (Å²) in [4.78, 5) is 26.2. The number of ether oxygens (including phenoxy) is 3. The Morgan fingerprint density at radius 1 is 1.10 bits per heavy atom. The first-order chi connectivity index (χ1) is 19.9. The van der Waals surface area contributed by atoms with E-state index in [9.17, 15) is 30.0 Å². The summed E-state index contributed by atoms with van der Waals surface area (Å²) in [5.74, 6) is 2.87. The van der Waals surface area contributed by atoms with Gasteiger partial charge in [-0.15, -0.1) is 0 Å². The molecule has 9 nitrogen and oxygen atoms in total. The molecule has 0 spiro atoms. The van der Waals surface area contributed by atoms with E-state index >= 15 is 0 Å². The van der Waals surface area contributed by atoms with Crippen molar-refractivity contribution in [1.82, 2.24) is 0 Å². The van der Waals surface area contributed by atoms with Gasteiger partial charge in [-0.2, -0.15) is 0 Å². The van der Waals surface area contributed by atoms with Crippen LogP contribution in [0.25, 0.3) is 0 Å². The zero-order valence-electron chi connectivity index (χ0n) is 25.3. The molecular weight excluding hydrogens is 540 g/mol. The molecule has 2 heterocycles. The number of rotatable bonds is 7. The topological polar surface area (TPSA) is 143 Å². The number of carbonyl (C=O) groups excluding carboxylic acids is 2. The van der Waals surface area contributed by atoms with E-state index in [1.807, 2.05) is 13.0 Å². The lowest BCUT2D eigenvalue weighted by Crippen LogP contribution is -2.59. The van der Waals surface area contributed by atoms with Gasteiger partial charge in [0, 0.05) is 30.6 Å². The molecule has 3 saturated carbocycles. The Morgan fingerprint density at radius 2 is 1.86 bits per heavy atom. The highest BCUT2D eigenvalue weighted by Gasteiger charge is 2.67. The molecule has 0 radical (unpaired) electrons. The number of Topliss-reactive ketones (excluding diaryl/α,β-unsaturated/α-hetero) is 1. The van der Waals surface area contributed by atoms with Crippen LogP contribution in [0.4, 0.5) is 0 Å². The Hall–Kier alpha value is -1.62. The van der Waals surface area contributed by atoms with Crippen LogP contribution in [0.2, 0.25) is 0 Å². The zero-order chi connectivity index (χ0) is 30.1. The largest absolute Gasteiger partial charge is 0.494 e. The van der Waals surface area contributed by atoms with Crippen molar-refractivity contribution in [3.63, 3.8) is 0 Å². The van der Waals surface area contributed by atoms with Gasteiger partial charge in [0.15, 0.2) is 12.1 Å². The minimum Gasteiger partial charge on any atom is -0.494 e. The molecule has 0 unspecified atom stereocenters. The normalized spacial score (nSPS) is 47.3. The van der Waals surface area contributed by atoms with Gasteiger partial charge in [0.25, 0.3) is 0 Å². The second-order valence-electron chi connectivity index (χ2n) is 14.5. The third-order valence-electron chi connectivity index (χ3n) is 12.3. The molecule has 4 N–H and O–H groups in total.